The molecular formula is C17H13F4NO2S. The maximum absolute atomic E-state index is 13.0. The van der Waals surface area contributed by atoms with E-state index in [2.05, 4.69) is 16.6 Å². The molecule has 0 unspecified atom stereocenters. The standard InChI is InChI=1S/C17H13F4NO2S/c18-15-8-3-5-13(11-15)12-25(23,24)22-10-4-7-14-6-1-2-9-16(14)17(19,20)21/h1-3,5-6,8-9,11,22H,10,12H2. The van der Waals surface area contributed by atoms with E-state index in [9.17, 15) is 26.0 Å². The first-order chi connectivity index (χ1) is 11.7. The SMILES string of the molecule is O=S(=O)(Cc1cccc(F)c1)NCC#Cc1ccccc1C(F)(F)F. The van der Waals surface area contributed by atoms with E-state index < -0.39 is 33.3 Å². The van der Waals surface area contributed by atoms with Gasteiger partial charge in [0.15, 0.2) is 0 Å². The molecule has 0 bridgehead atoms. The van der Waals surface area contributed by atoms with E-state index in [1.807, 2.05) is 0 Å². The molecular weight excluding hydrogens is 358 g/mol. The van der Waals surface area contributed by atoms with Gasteiger partial charge >= 0.3 is 6.18 Å². The number of hydrogen-bond donors (Lipinski definition) is 1. The maximum Gasteiger partial charge on any atom is 0.417 e. The summed E-state index contributed by atoms with van der Waals surface area (Å²) in [6, 6.07) is 9.87. The lowest BCUT2D eigenvalue weighted by molar-refractivity contribution is -0.137. The first-order valence-corrected chi connectivity index (χ1v) is 8.69. The number of hydrogen-bond acceptors (Lipinski definition) is 2. The Balaban J connectivity index is 2.03. The van der Waals surface area contributed by atoms with Crippen LogP contribution in [-0.2, 0) is 22.0 Å². The van der Waals surface area contributed by atoms with Crippen molar-refractivity contribution in [3.63, 3.8) is 0 Å². The zero-order valence-electron chi connectivity index (χ0n) is 12.8. The van der Waals surface area contributed by atoms with Gasteiger partial charge in [0.25, 0.3) is 0 Å². The summed E-state index contributed by atoms with van der Waals surface area (Å²) < 4.78 is 77.4. The summed E-state index contributed by atoms with van der Waals surface area (Å²) in [6.45, 7) is -0.357. The number of rotatable bonds is 4. The van der Waals surface area contributed by atoms with Crippen LogP contribution in [0.2, 0.25) is 0 Å². The third kappa shape index (κ3) is 5.89. The molecule has 0 aliphatic carbocycles. The van der Waals surface area contributed by atoms with Crippen LogP contribution in [0.15, 0.2) is 48.5 Å². The van der Waals surface area contributed by atoms with Crippen LogP contribution in [0.3, 0.4) is 0 Å². The molecule has 0 saturated carbocycles. The van der Waals surface area contributed by atoms with Gasteiger partial charge in [-0.3, -0.25) is 0 Å². The molecule has 0 spiro atoms. The molecule has 2 aromatic rings. The van der Waals surface area contributed by atoms with Crippen molar-refractivity contribution < 1.29 is 26.0 Å². The molecule has 3 nitrogen and oxygen atoms in total. The van der Waals surface area contributed by atoms with Crippen molar-refractivity contribution in [2.24, 2.45) is 0 Å². The Kier molecular flexibility index (Phi) is 5.82. The minimum Gasteiger partial charge on any atom is -0.212 e. The topological polar surface area (TPSA) is 46.2 Å². The van der Waals surface area contributed by atoms with Gasteiger partial charge in [0.2, 0.25) is 10.0 Å². The number of sulfonamides is 1. The summed E-state index contributed by atoms with van der Waals surface area (Å²) in [6.07, 6.45) is -4.54. The van der Waals surface area contributed by atoms with Crippen molar-refractivity contribution in [1.29, 1.82) is 0 Å². The lowest BCUT2D eigenvalue weighted by Crippen LogP contribution is -2.25. The molecule has 0 atom stereocenters. The summed E-state index contributed by atoms with van der Waals surface area (Å²) in [7, 11) is -3.79. The van der Waals surface area contributed by atoms with Crippen LogP contribution in [0, 0.1) is 17.7 Å². The summed E-state index contributed by atoms with van der Waals surface area (Å²) in [5, 5.41) is 0. The summed E-state index contributed by atoms with van der Waals surface area (Å²) in [5.41, 5.74) is -0.868. The van der Waals surface area contributed by atoms with E-state index in [1.54, 1.807) is 0 Å². The summed E-state index contributed by atoms with van der Waals surface area (Å²) in [4.78, 5) is 0. The van der Waals surface area contributed by atoms with Crippen LogP contribution in [-0.4, -0.2) is 15.0 Å². The van der Waals surface area contributed by atoms with Crippen LogP contribution in [0.4, 0.5) is 17.6 Å². The highest BCUT2D eigenvalue weighted by Crippen LogP contribution is 2.31. The predicted octanol–water partition coefficient (Wildman–Crippen LogP) is 3.32. The normalized spacial score (nSPS) is 11.7. The molecule has 25 heavy (non-hydrogen) atoms. The van der Waals surface area contributed by atoms with Crippen LogP contribution >= 0.6 is 0 Å². The first-order valence-electron chi connectivity index (χ1n) is 7.04. The fourth-order valence-corrected chi connectivity index (χ4v) is 3.03. The number of nitrogens with one attached hydrogen (secondary N) is 1. The van der Waals surface area contributed by atoms with Gasteiger partial charge < -0.3 is 0 Å². The Labute approximate surface area is 142 Å². The fourth-order valence-electron chi connectivity index (χ4n) is 2.02. The summed E-state index contributed by atoms with van der Waals surface area (Å²) >= 11 is 0. The minimum atomic E-state index is -4.54. The van der Waals surface area contributed by atoms with Gasteiger partial charge in [-0.15, -0.1) is 0 Å². The molecule has 0 saturated heterocycles. The quantitative estimate of drug-likeness (QED) is 0.662. The highest BCUT2D eigenvalue weighted by Gasteiger charge is 2.32. The average molecular weight is 371 g/mol. The third-order valence-electron chi connectivity index (χ3n) is 3.08. The zero-order valence-corrected chi connectivity index (χ0v) is 13.6. The van der Waals surface area contributed by atoms with E-state index in [0.717, 1.165) is 12.1 Å². The minimum absolute atomic E-state index is 0.237. The third-order valence-corrected chi connectivity index (χ3v) is 4.38. The Morgan fingerprint density at radius 2 is 1.76 bits per heavy atom. The smallest absolute Gasteiger partial charge is 0.212 e. The van der Waals surface area contributed by atoms with Gasteiger partial charge in [0.05, 0.1) is 17.9 Å². The molecule has 0 aromatic heterocycles. The Bertz CT molecular complexity index is 912. The van der Waals surface area contributed by atoms with E-state index in [4.69, 9.17) is 0 Å². The molecule has 2 aromatic carbocycles. The number of halogens is 4. The lowest BCUT2D eigenvalue weighted by Gasteiger charge is -2.08. The van der Waals surface area contributed by atoms with Gasteiger partial charge in [-0.05, 0) is 29.8 Å². The van der Waals surface area contributed by atoms with Crippen LogP contribution < -0.4 is 4.72 Å². The van der Waals surface area contributed by atoms with Gasteiger partial charge in [-0.25, -0.2) is 17.5 Å². The molecule has 2 rings (SSSR count). The fraction of sp³-hybridized carbons (Fsp3) is 0.176. The Morgan fingerprint density at radius 1 is 1.04 bits per heavy atom. The Hall–Kier alpha value is -2.37. The maximum atomic E-state index is 13.0. The molecule has 1 N–H and O–H groups in total. The van der Waals surface area contributed by atoms with Gasteiger partial charge in [-0.2, -0.15) is 13.2 Å². The van der Waals surface area contributed by atoms with E-state index in [1.165, 1.54) is 36.4 Å². The molecule has 0 heterocycles. The number of benzene rings is 2. The molecule has 0 radical (unpaired) electrons. The van der Waals surface area contributed by atoms with Crippen LogP contribution in [0.5, 0.6) is 0 Å². The summed E-state index contributed by atoms with van der Waals surface area (Å²) in [5.74, 6) is 3.65. The van der Waals surface area contributed by atoms with E-state index >= 15 is 0 Å². The molecule has 132 valence electrons. The van der Waals surface area contributed by atoms with E-state index in [0.29, 0.717) is 0 Å². The molecule has 0 amide bonds. The monoisotopic (exact) mass is 371 g/mol. The highest BCUT2D eigenvalue weighted by molar-refractivity contribution is 7.88. The second-order valence-corrected chi connectivity index (χ2v) is 6.86. The molecule has 8 heteroatoms. The average Bonchev–Trinajstić information content (AvgIpc) is 2.50. The van der Waals surface area contributed by atoms with Crippen molar-refractivity contribution in [2.75, 3.05) is 6.54 Å². The largest absolute Gasteiger partial charge is 0.417 e. The molecule has 0 fully saturated rings. The van der Waals surface area contributed by atoms with Gasteiger partial charge in [-0.1, -0.05) is 36.1 Å². The first kappa shape index (κ1) is 19.0. The second kappa shape index (κ2) is 7.68. The van der Waals surface area contributed by atoms with Crippen molar-refractivity contribution >= 4 is 10.0 Å². The van der Waals surface area contributed by atoms with Crippen molar-refractivity contribution in [3.05, 3.63) is 71.0 Å². The van der Waals surface area contributed by atoms with Crippen molar-refractivity contribution in [1.82, 2.24) is 4.72 Å². The van der Waals surface area contributed by atoms with E-state index in [-0.39, 0.29) is 17.7 Å². The second-order valence-electron chi connectivity index (χ2n) is 5.06. The number of alkyl halides is 3. The van der Waals surface area contributed by atoms with Crippen LogP contribution in [0.1, 0.15) is 16.7 Å². The lowest BCUT2D eigenvalue weighted by atomic mass is 10.1. The van der Waals surface area contributed by atoms with Gasteiger partial charge in [0.1, 0.15) is 5.82 Å². The van der Waals surface area contributed by atoms with Crippen molar-refractivity contribution in [3.8, 4) is 11.8 Å². The molecule has 0 aliphatic heterocycles. The zero-order chi connectivity index (χ0) is 18.5. The van der Waals surface area contributed by atoms with Crippen LogP contribution in [0.25, 0.3) is 0 Å². The molecule has 0 aliphatic rings. The van der Waals surface area contributed by atoms with Gasteiger partial charge in [0, 0.05) is 5.56 Å². The highest BCUT2D eigenvalue weighted by atomic mass is 32.2. The Morgan fingerprint density at radius 3 is 2.44 bits per heavy atom. The predicted molar refractivity (Wildman–Crippen MR) is 85.3 cm³/mol. The van der Waals surface area contributed by atoms with Crippen molar-refractivity contribution in [2.45, 2.75) is 11.9 Å².